The van der Waals surface area contributed by atoms with Crippen molar-refractivity contribution in [3.8, 4) is 0 Å². The lowest BCUT2D eigenvalue weighted by molar-refractivity contribution is 0.139. The Balaban J connectivity index is 2.72. The predicted molar refractivity (Wildman–Crippen MR) is 95.0 cm³/mol. The predicted octanol–water partition coefficient (Wildman–Crippen LogP) is 6.54. The van der Waals surface area contributed by atoms with Crippen LogP contribution in [0.5, 0.6) is 0 Å². The Morgan fingerprint density at radius 3 is 2.20 bits per heavy atom. The van der Waals surface area contributed by atoms with E-state index in [1.165, 1.54) is 24.2 Å². The second-order valence-corrected chi connectivity index (χ2v) is 8.05. The molecule has 0 nitrogen and oxygen atoms in total. The fourth-order valence-electron chi connectivity index (χ4n) is 3.88. The molecule has 0 aromatic heterocycles. The smallest absolute Gasteiger partial charge is 0.00611 e. The van der Waals surface area contributed by atoms with Crippen molar-refractivity contribution in [3.05, 3.63) is 22.6 Å². The number of rotatable bonds is 7. The van der Waals surface area contributed by atoms with Crippen LogP contribution >= 0.6 is 11.8 Å². The summed E-state index contributed by atoms with van der Waals surface area (Å²) in [6.45, 7) is 14.1. The lowest BCUT2D eigenvalue weighted by Gasteiger charge is -2.43. The number of hydrogen-bond acceptors (Lipinski definition) is 1. The van der Waals surface area contributed by atoms with Gasteiger partial charge in [-0.25, -0.2) is 0 Å². The summed E-state index contributed by atoms with van der Waals surface area (Å²) < 4.78 is 0. The maximum absolute atomic E-state index is 2.50. The van der Waals surface area contributed by atoms with Crippen molar-refractivity contribution in [3.63, 3.8) is 0 Å². The minimum atomic E-state index is 0.791. The van der Waals surface area contributed by atoms with E-state index in [4.69, 9.17) is 0 Å². The van der Waals surface area contributed by atoms with Gasteiger partial charge in [-0.3, -0.25) is 0 Å². The third kappa shape index (κ3) is 4.69. The normalized spacial score (nSPS) is 29.5. The Kier molecular flexibility index (Phi) is 7.43. The Hall–Kier alpha value is -0.170. The van der Waals surface area contributed by atoms with Crippen molar-refractivity contribution in [2.45, 2.75) is 60.8 Å². The third-order valence-electron chi connectivity index (χ3n) is 4.72. The summed E-state index contributed by atoms with van der Waals surface area (Å²) >= 11 is 1.94. The maximum atomic E-state index is 2.50. The molecule has 0 heterocycles. The van der Waals surface area contributed by atoms with Gasteiger partial charge in [0.25, 0.3) is 0 Å². The van der Waals surface area contributed by atoms with E-state index < -0.39 is 0 Å². The van der Waals surface area contributed by atoms with Crippen LogP contribution in [0.4, 0.5) is 0 Å². The zero-order chi connectivity index (χ0) is 15.3. The Bertz CT molecular complexity index is 343. The molecule has 0 bridgehead atoms. The zero-order valence-electron chi connectivity index (χ0n) is 14.6. The van der Waals surface area contributed by atoms with Gasteiger partial charge in [-0.2, -0.15) is 0 Å². The fourth-order valence-corrected chi connectivity index (χ4v) is 4.64. The van der Waals surface area contributed by atoms with Crippen LogP contribution < -0.4 is 0 Å². The van der Waals surface area contributed by atoms with E-state index in [1.807, 2.05) is 11.8 Å². The molecule has 0 spiro atoms. The minimum Gasteiger partial charge on any atom is -0.130 e. The first-order valence-electron chi connectivity index (χ1n) is 8.31. The molecule has 0 saturated heterocycles. The molecule has 1 aliphatic carbocycles. The van der Waals surface area contributed by atoms with Crippen molar-refractivity contribution in [1.82, 2.24) is 0 Å². The molecule has 1 aliphatic rings. The summed E-state index contributed by atoms with van der Waals surface area (Å²) in [6.07, 6.45) is 11.1. The molecule has 0 aromatic carbocycles. The van der Waals surface area contributed by atoms with E-state index in [9.17, 15) is 0 Å². The van der Waals surface area contributed by atoms with Crippen LogP contribution in [0.2, 0.25) is 0 Å². The highest BCUT2D eigenvalue weighted by atomic mass is 32.2. The van der Waals surface area contributed by atoms with Gasteiger partial charge in [-0.15, -0.1) is 11.8 Å². The summed E-state index contributed by atoms with van der Waals surface area (Å²) in [5, 5.41) is 0. The molecule has 0 radical (unpaired) electrons. The van der Waals surface area contributed by atoms with Crippen molar-refractivity contribution < 1.29 is 0 Å². The van der Waals surface area contributed by atoms with Gasteiger partial charge >= 0.3 is 0 Å². The van der Waals surface area contributed by atoms with Crippen LogP contribution in [0.15, 0.2) is 22.6 Å². The molecular formula is C19H34S. The SMILES string of the molecule is C/C=C(\C(=C/CC(C)CC(C)C)SC)C1C(C)CC1C. The third-order valence-corrected chi connectivity index (χ3v) is 5.57. The largest absolute Gasteiger partial charge is 0.130 e. The molecule has 3 unspecified atom stereocenters. The number of thioether (sulfide) groups is 1. The average Bonchev–Trinajstić information content (AvgIpc) is 2.36. The van der Waals surface area contributed by atoms with Crippen molar-refractivity contribution in [2.24, 2.45) is 29.6 Å². The van der Waals surface area contributed by atoms with E-state index in [-0.39, 0.29) is 0 Å². The molecule has 1 saturated carbocycles. The molecule has 0 amide bonds. The van der Waals surface area contributed by atoms with Gasteiger partial charge in [0.05, 0.1) is 0 Å². The van der Waals surface area contributed by atoms with Crippen molar-refractivity contribution in [2.75, 3.05) is 6.26 Å². The topological polar surface area (TPSA) is 0 Å². The van der Waals surface area contributed by atoms with E-state index in [2.05, 4.69) is 60.0 Å². The van der Waals surface area contributed by atoms with Crippen LogP contribution in [0.25, 0.3) is 0 Å². The summed E-state index contributed by atoms with van der Waals surface area (Å²) in [6, 6.07) is 0. The highest BCUT2D eigenvalue weighted by Gasteiger charge is 2.37. The second-order valence-electron chi connectivity index (χ2n) is 7.20. The quantitative estimate of drug-likeness (QED) is 0.480. The van der Waals surface area contributed by atoms with Crippen LogP contribution in [-0.4, -0.2) is 6.26 Å². The molecule has 1 heteroatoms. The van der Waals surface area contributed by atoms with Crippen molar-refractivity contribution >= 4 is 11.8 Å². The lowest BCUT2D eigenvalue weighted by atomic mass is 9.63. The maximum Gasteiger partial charge on any atom is 0.00611 e. The first-order chi connectivity index (χ1) is 9.40. The second kappa shape index (κ2) is 8.32. The molecule has 20 heavy (non-hydrogen) atoms. The molecular weight excluding hydrogens is 260 g/mol. The van der Waals surface area contributed by atoms with Crippen LogP contribution in [0, 0.1) is 29.6 Å². The van der Waals surface area contributed by atoms with E-state index in [1.54, 1.807) is 5.57 Å². The molecule has 3 atom stereocenters. The summed E-state index contributed by atoms with van der Waals surface area (Å²) in [5.41, 5.74) is 1.61. The highest BCUT2D eigenvalue weighted by molar-refractivity contribution is 8.02. The summed E-state index contributed by atoms with van der Waals surface area (Å²) in [4.78, 5) is 1.53. The lowest BCUT2D eigenvalue weighted by Crippen LogP contribution is -2.34. The highest BCUT2D eigenvalue weighted by Crippen LogP contribution is 2.48. The van der Waals surface area contributed by atoms with E-state index in [0.717, 1.165) is 29.6 Å². The van der Waals surface area contributed by atoms with Gasteiger partial charge in [0, 0.05) is 4.91 Å². The number of hydrogen-bond donors (Lipinski definition) is 0. The van der Waals surface area contributed by atoms with Crippen LogP contribution in [0.1, 0.15) is 60.8 Å². The van der Waals surface area contributed by atoms with Crippen LogP contribution in [-0.2, 0) is 0 Å². The summed E-state index contributed by atoms with van der Waals surface area (Å²) in [5.74, 6) is 4.12. The molecule has 1 fully saturated rings. The van der Waals surface area contributed by atoms with Gasteiger partial charge in [0.1, 0.15) is 0 Å². The average molecular weight is 295 g/mol. The molecule has 0 aliphatic heterocycles. The van der Waals surface area contributed by atoms with Gasteiger partial charge in [-0.1, -0.05) is 46.8 Å². The Morgan fingerprint density at radius 1 is 1.20 bits per heavy atom. The van der Waals surface area contributed by atoms with Crippen LogP contribution in [0.3, 0.4) is 0 Å². The van der Waals surface area contributed by atoms with Crippen molar-refractivity contribution in [1.29, 1.82) is 0 Å². The van der Waals surface area contributed by atoms with Gasteiger partial charge in [-0.05, 0) is 67.6 Å². The fraction of sp³-hybridized carbons (Fsp3) is 0.789. The molecule has 0 aromatic rings. The van der Waals surface area contributed by atoms with E-state index in [0.29, 0.717) is 0 Å². The first kappa shape index (κ1) is 17.9. The molecule has 116 valence electrons. The summed E-state index contributed by atoms with van der Waals surface area (Å²) in [7, 11) is 0. The van der Waals surface area contributed by atoms with Gasteiger partial charge in [0.15, 0.2) is 0 Å². The Labute approximate surface area is 131 Å². The monoisotopic (exact) mass is 294 g/mol. The standard InChI is InChI=1S/C19H34S/c1-8-17(19-15(5)12-16(19)6)18(20-7)10-9-14(4)11-13(2)3/h8,10,13-16,19H,9,11-12H2,1-7H3/b17-8+,18-10+. The van der Waals surface area contributed by atoms with E-state index >= 15 is 0 Å². The number of allylic oxidation sites excluding steroid dienone is 3. The zero-order valence-corrected chi connectivity index (χ0v) is 15.4. The Morgan fingerprint density at radius 2 is 1.80 bits per heavy atom. The minimum absolute atomic E-state index is 0.791. The molecule has 1 rings (SSSR count). The van der Waals surface area contributed by atoms with Gasteiger partial charge < -0.3 is 0 Å². The first-order valence-corrected chi connectivity index (χ1v) is 9.53. The van der Waals surface area contributed by atoms with Gasteiger partial charge in [0.2, 0.25) is 0 Å². The molecule has 0 N–H and O–H groups in total.